The lowest BCUT2D eigenvalue weighted by Crippen LogP contribution is -2.60. The van der Waals surface area contributed by atoms with Gasteiger partial charge in [0, 0.05) is 82.8 Å². The lowest BCUT2D eigenvalue weighted by molar-refractivity contribution is -0.152. The lowest BCUT2D eigenvalue weighted by atomic mass is 9.97. The predicted molar refractivity (Wildman–Crippen MR) is 490 cm³/mol. The number of fused-ring (bicyclic) bond motifs is 2. The molecule has 0 aliphatic rings. The summed E-state index contributed by atoms with van der Waals surface area (Å²) in [5, 5.41) is 63.5. The maximum Gasteiger partial charge on any atom is 0.446 e. The zero-order valence-electron chi connectivity index (χ0n) is 76.8. The number of aromatic amines is 1. The first-order chi connectivity index (χ1) is 63.9. The van der Waals surface area contributed by atoms with Gasteiger partial charge in [0.05, 0.1) is 59.0 Å². The van der Waals surface area contributed by atoms with E-state index in [0.717, 1.165) is 90.5 Å². The minimum atomic E-state index is -5.00. The molecule has 0 bridgehead atoms. The third-order valence-electron chi connectivity index (χ3n) is 21.8. The van der Waals surface area contributed by atoms with Crippen LogP contribution in [0.4, 0.5) is 0 Å². The van der Waals surface area contributed by atoms with Gasteiger partial charge in [-0.3, -0.25) is 76.5 Å². The molecule has 740 valence electrons. The summed E-state index contributed by atoms with van der Waals surface area (Å²) in [5.74, 6) is -16.0. The van der Waals surface area contributed by atoms with Crippen LogP contribution in [-0.4, -0.2) is 278 Å². The number of nitrogens with two attached hydrogens (primary N) is 1. The number of aliphatic carboxylic acids is 4. The average Bonchev–Trinajstić information content (AvgIpc) is 0.821. The Morgan fingerprint density at radius 1 is 0.433 bits per heavy atom. The van der Waals surface area contributed by atoms with Crippen molar-refractivity contribution in [1.29, 1.82) is 0 Å². The molecule has 8 atom stereocenters. The SMILES string of the molecule is CCCC[C@H](NC(=O)[C@H](Cc1c[nH]c2ccccc12)NC(=O)CNC(=O)[C@H](CC(C)C)NC(=O)[C@H](Cc1ccc(OS(=O)(=O)O)cc1)NC(=O)[C@H](CC(=O)O)NC(=O)COCCOCCNC(=O)COCCOCCNC(=O)CC[C@H](NC(=O)CCCCCCCCCCCCCCCCC(=O)O)C(=O)O)C(=O)N(C)[C@H](CC(=O)O)C(=O)N(C)[C@@H](Cc1cccc2ccccc12)C(N)=O. The normalized spacial score (nSPS) is 13.1. The number of carbonyl (C=O) groups excluding carboxylic acids is 12. The van der Waals surface area contributed by atoms with Crippen LogP contribution in [0, 0.1) is 5.92 Å². The van der Waals surface area contributed by atoms with Crippen LogP contribution in [0.3, 0.4) is 0 Å². The standard InChI is InChI=1S/C92H133N13O28S/c1-6-7-32-69(90(122)105(5)76(55-84(115)116)91(123)104(4)75(85(93)117)53-63-29-26-28-62-27-22-23-30-66(62)63)101-88(120)73(52-64-56-96-68-33-25-24-31-67(64)68)99-79(108)57-97-86(118)71(50-60(2)3)102-87(119)72(51-61-36-38-65(39-37-61)133-134(126,127)128)103-89(121)74(54-83(113)114)100-81(110)59-132-49-47-130-45-43-95-80(109)58-131-48-46-129-44-42-94-77(106)41-40-70(92(124)125)98-78(107)34-20-18-16-14-12-10-8-9-11-13-15-17-19-21-35-82(111)112/h22-31,33,36-39,56,60,69-76,96H,6-21,32,34-35,40-55,57-59H2,1-5H3,(H2,93,117)(H,94,106)(H,95,109)(H,97,118)(H,98,107)(H,99,108)(H,100,110)(H,101,120)(H,102,119)(H,103,121)(H,111,112)(H,113,114)(H,115,116)(H,124,125)(H,126,127,128)/t69-,70-,71-,72-,73-,74-,75-,76+/m0/s1. The number of rotatable bonds is 71. The number of carboxylic acids is 4. The number of benzene rings is 4. The Morgan fingerprint density at radius 3 is 1.51 bits per heavy atom. The first kappa shape index (κ1) is 112. The molecule has 0 radical (unpaired) electrons. The van der Waals surface area contributed by atoms with E-state index in [0.29, 0.717) is 41.3 Å². The minimum Gasteiger partial charge on any atom is -0.481 e. The topological polar surface area (TPSA) is 611 Å². The number of hydrogen-bond donors (Lipinski definition) is 16. The fourth-order valence-electron chi connectivity index (χ4n) is 14.7. The summed E-state index contributed by atoms with van der Waals surface area (Å²) < 4.78 is 58.4. The third-order valence-corrected chi connectivity index (χ3v) is 22.2. The number of hydrogen-bond acceptors (Lipinski definition) is 23. The molecule has 5 rings (SSSR count). The van der Waals surface area contributed by atoms with E-state index >= 15 is 0 Å². The van der Waals surface area contributed by atoms with E-state index in [1.807, 2.05) is 31.2 Å². The van der Waals surface area contributed by atoms with E-state index in [2.05, 4.69) is 57.0 Å². The maximum atomic E-state index is 14.8. The summed E-state index contributed by atoms with van der Waals surface area (Å²) in [5.41, 5.74) is 7.94. The molecule has 1 aromatic heterocycles. The molecule has 12 amide bonds. The summed E-state index contributed by atoms with van der Waals surface area (Å²) >= 11 is 0. The zero-order chi connectivity index (χ0) is 98.5. The van der Waals surface area contributed by atoms with Gasteiger partial charge in [-0.25, -0.2) is 4.79 Å². The van der Waals surface area contributed by atoms with Crippen LogP contribution in [0.2, 0.25) is 0 Å². The number of primary amides is 1. The fourth-order valence-corrected chi connectivity index (χ4v) is 15.0. The molecule has 5 aromatic rings. The molecule has 0 aliphatic heterocycles. The second kappa shape index (κ2) is 61.5. The van der Waals surface area contributed by atoms with Gasteiger partial charge >= 0.3 is 34.3 Å². The van der Waals surface area contributed by atoms with E-state index in [1.54, 1.807) is 62.5 Å². The molecule has 17 N–H and O–H groups in total. The monoisotopic (exact) mass is 1900 g/mol. The van der Waals surface area contributed by atoms with Crippen molar-refractivity contribution in [1.82, 2.24) is 62.6 Å². The fraction of sp³-hybridized carbons (Fsp3) is 0.565. The van der Waals surface area contributed by atoms with Crippen molar-refractivity contribution in [2.24, 2.45) is 11.7 Å². The summed E-state index contributed by atoms with van der Waals surface area (Å²) in [7, 11) is -2.54. The number of H-pyrrole nitrogens is 1. The molecule has 0 saturated heterocycles. The number of likely N-dealkylation sites (N-methyl/N-ethyl adjacent to an activating group) is 2. The van der Waals surface area contributed by atoms with Crippen molar-refractivity contribution in [3.63, 3.8) is 0 Å². The van der Waals surface area contributed by atoms with Crippen molar-refractivity contribution >= 4 is 127 Å². The van der Waals surface area contributed by atoms with Gasteiger partial charge in [-0.15, -0.1) is 0 Å². The Balaban J connectivity index is 1.09. The van der Waals surface area contributed by atoms with Crippen molar-refractivity contribution in [2.45, 2.75) is 242 Å². The van der Waals surface area contributed by atoms with Crippen LogP contribution in [0.1, 0.15) is 192 Å². The van der Waals surface area contributed by atoms with Gasteiger partial charge in [0.25, 0.3) is 0 Å². The lowest BCUT2D eigenvalue weighted by Gasteiger charge is -2.35. The number of aromatic nitrogens is 1. The highest BCUT2D eigenvalue weighted by atomic mass is 32.3. The van der Waals surface area contributed by atoms with Crippen LogP contribution in [0.5, 0.6) is 5.75 Å². The van der Waals surface area contributed by atoms with Gasteiger partial charge in [-0.1, -0.05) is 183 Å². The first-order valence-electron chi connectivity index (χ1n) is 45.3. The smallest absolute Gasteiger partial charge is 0.446 e. The van der Waals surface area contributed by atoms with Gasteiger partial charge in [0.1, 0.15) is 67.3 Å². The summed E-state index contributed by atoms with van der Waals surface area (Å²) in [6, 6.07) is 12.1. The molecule has 0 saturated carbocycles. The third kappa shape index (κ3) is 44.5. The summed E-state index contributed by atoms with van der Waals surface area (Å²) in [6.45, 7) is 3.29. The second-order valence-electron chi connectivity index (χ2n) is 33.1. The summed E-state index contributed by atoms with van der Waals surface area (Å²) in [6.07, 6.45) is 14.1. The molecule has 0 unspecified atom stereocenters. The highest BCUT2D eigenvalue weighted by Gasteiger charge is 2.40. The number of unbranched alkanes of at least 4 members (excludes halogenated alkanes) is 14. The van der Waals surface area contributed by atoms with Crippen LogP contribution < -0.4 is 57.8 Å². The average molecular weight is 1900 g/mol. The molecule has 42 heteroatoms. The second-order valence-corrected chi connectivity index (χ2v) is 34.1. The van der Waals surface area contributed by atoms with E-state index < -0.39 is 180 Å². The Kier molecular flexibility index (Phi) is 51.6. The summed E-state index contributed by atoms with van der Waals surface area (Å²) in [4.78, 5) is 217. The number of carboxylic acid groups (broad SMARTS) is 4. The van der Waals surface area contributed by atoms with Crippen molar-refractivity contribution in [3.8, 4) is 5.75 Å². The molecule has 0 spiro atoms. The molecule has 41 nitrogen and oxygen atoms in total. The van der Waals surface area contributed by atoms with E-state index in [4.69, 9.17) is 29.8 Å². The first-order valence-corrected chi connectivity index (χ1v) is 46.7. The molecular formula is C92H133N13O28S. The molecule has 4 aromatic carbocycles. The van der Waals surface area contributed by atoms with Gasteiger partial charge in [-0.05, 0) is 83.7 Å². The number of nitrogens with one attached hydrogen (secondary N) is 10. The van der Waals surface area contributed by atoms with Crippen molar-refractivity contribution in [3.05, 3.63) is 114 Å². The largest absolute Gasteiger partial charge is 0.481 e. The minimum absolute atomic E-state index is 0.0113. The number of nitrogens with zero attached hydrogens (tertiary/aromatic N) is 2. The number of carbonyl (C=O) groups is 16. The molecule has 134 heavy (non-hydrogen) atoms. The van der Waals surface area contributed by atoms with Crippen molar-refractivity contribution in [2.75, 3.05) is 86.6 Å². The van der Waals surface area contributed by atoms with E-state index in [9.17, 15) is 105 Å². The van der Waals surface area contributed by atoms with Gasteiger partial charge in [-0.2, -0.15) is 8.42 Å². The Bertz CT molecular complexity index is 4760. The van der Waals surface area contributed by atoms with Gasteiger partial charge in [0.2, 0.25) is 70.9 Å². The number of para-hydroxylation sites is 1. The van der Waals surface area contributed by atoms with Crippen LogP contribution in [0.15, 0.2) is 97.2 Å². The Labute approximate surface area is 779 Å². The van der Waals surface area contributed by atoms with E-state index in [1.165, 1.54) is 51.9 Å². The molecular weight excluding hydrogens is 1770 g/mol. The quantitative estimate of drug-likeness (QED) is 0.0190. The number of amides is 12. The Morgan fingerprint density at radius 2 is 0.940 bits per heavy atom. The molecule has 1 heterocycles. The highest BCUT2D eigenvalue weighted by molar-refractivity contribution is 7.81. The van der Waals surface area contributed by atoms with Gasteiger partial charge in [0.15, 0.2) is 0 Å². The molecule has 0 aliphatic carbocycles. The van der Waals surface area contributed by atoms with Gasteiger partial charge < -0.3 is 112 Å². The molecule has 0 fully saturated rings. The predicted octanol–water partition coefficient (Wildman–Crippen LogP) is 4.37. The number of ether oxygens (including phenoxy) is 4. The zero-order valence-corrected chi connectivity index (χ0v) is 77.6. The highest BCUT2D eigenvalue weighted by Crippen LogP contribution is 2.25. The Hall–Kier alpha value is -12.3. The van der Waals surface area contributed by atoms with Crippen LogP contribution in [-0.2, 0) is 125 Å². The van der Waals surface area contributed by atoms with Crippen molar-refractivity contribution < 1.29 is 133 Å². The van der Waals surface area contributed by atoms with Crippen LogP contribution in [0.25, 0.3) is 21.7 Å². The van der Waals surface area contributed by atoms with E-state index in [-0.39, 0.29) is 134 Å². The van der Waals surface area contributed by atoms with Crippen LogP contribution >= 0.6 is 0 Å². The maximum absolute atomic E-state index is 14.8.